The predicted octanol–water partition coefficient (Wildman–Crippen LogP) is 3.41. The number of anilines is 2. The molecule has 0 radical (unpaired) electrons. The Morgan fingerprint density at radius 1 is 1.10 bits per heavy atom. The summed E-state index contributed by atoms with van der Waals surface area (Å²) in [6.45, 7) is 5.02. The van der Waals surface area contributed by atoms with Crippen molar-refractivity contribution in [1.82, 2.24) is 24.6 Å². The summed E-state index contributed by atoms with van der Waals surface area (Å²) >= 11 is 3.37. The molecule has 2 fully saturated rings. The van der Waals surface area contributed by atoms with Crippen molar-refractivity contribution in [1.29, 1.82) is 0 Å². The number of methoxy groups -OCH3 is 1. The van der Waals surface area contributed by atoms with Gasteiger partial charge < -0.3 is 19.5 Å². The van der Waals surface area contributed by atoms with Crippen molar-refractivity contribution >= 4 is 27.6 Å². The van der Waals surface area contributed by atoms with Gasteiger partial charge in [-0.15, -0.1) is 5.10 Å². The van der Waals surface area contributed by atoms with Crippen LogP contribution in [0.1, 0.15) is 38.1 Å². The molecule has 0 amide bonds. The van der Waals surface area contributed by atoms with Crippen LogP contribution in [-0.2, 0) is 9.47 Å². The van der Waals surface area contributed by atoms with E-state index in [0.29, 0.717) is 37.1 Å². The Kier molecular flexibility index (Phi) is 8.12. The molecule has 10 heteroatoms. The van der Waals surface area contributed by atoms with Crippen molar-refractivity contribution in [2.75, 3.05) is 51.9 Å². The zero-order valence-corrected chi connectivity index (χ0v) is 19.6. The standard InChI is InChI=1S/C21H31BrN6O3/c1-29-9-2-10-31-20-19(25-21-23-13-16(22)14-24-21)15-28(26-20)18-5-3-17(4-6-18)27-7-11-30-12-8-27/h13-15,17-18H,2-12H2,1H3,(H,23,24,25)/t17-,18-. The van der Waals surface area contributed by atoms with E-state index in [9.17, 15) is 0 Å². The summed E-state index contributed by atoms with van der Waals surface area (Å²) in [7, 11) is 1.69. The maximum Gasteiger partial charge on any atom is 0.256 e. The quantitative estimate of drug-likeness (QED) is 0.530. The zero-order valence-electron chi connectivity index (χ0n) is 18.0. The number of morpholine rings is 1. The zero-order chi connectivity index (χ0) is 21.5. The van der Waals surface area contributed by atoms with Gasteiger partial charge in [0.15, 0.2) is 0 Å². The second kappa shape index (κ2) is 11.2. The van der Waals surface area contributed by atoms with Gasteiger partial charge in [-0.25, -0.2) is 9.97 Å². The molecule has 3 heterocycles. The van der Waals surface area contributed by atoms with Gasteiger partial charge in [-0.05, 0) is 41.6 Å². The molecular weight excluding hydrogens is 464 g/mol. The molecule has 1 aliphatic heterocycles. The minimum atomic E-state index is 0.375. The molecule has 0 unspecified atom stereocenters. The highest BCUT2D eigenvalue weighted by atomic mass is 79.9. The number of rotatable bonds is 9. The molecule has 0 aromatic carbocycles. The van der Waals surface area contributed by atoms with Gasteiger partial charge in [0, 0.05) is 51.7 Å². The van der Waals surface area contributed by atoms with E-state index in [-0.39, 0.29) is 0 Å². The smallest absolute Gasteiger partial charge is 0.256 e. The average molecular weight is 495 g/mol. The SMILES string of the molecule is COCCCOc1nn([C@H]2CC[C@H](N3CCOCC3)CC2)cc1Nc1ncc(Br)cn1. The number of halogens is 1. The molecule has 9 nitrogen and oxygen atoms in total. The van der Waals surface area contributed by atoms with Crippen molar-refractivity contribution in [2.24, 2.45) is 0 Å². The van der Waals surface area contributed by atoms with Crippen LogP contribution < -0.4 is 10.1 Å². The van der Waals surface area contributed by atoms with Crippen molar-refractivity contribution in [2.45, 2.75) is 44.2 Å². The van der Waals surface area contributed by atoms with Crippen molar-refractivity contribution in [3.05, 3.63) is 23.1 Å². The number of hydrogen-bond acceptors (Lipinski definition) is 8. The predicted molar refractivity (Wildman–Crippen MR) is 121 cm³/mol. The Labute approximate surface area is 191 Å². The number of aromatic nitrogens is 4. The van der Waals surface area contributed by atoms with Crippen molar-refractivity contribution < 1.29 is 14.2 Å². The molecule has 0 atom stereocenters. The lowest BCUT2D eigenvalue weighted by atomic mass is 9.90. The first-order valence-electron chi connectivity index (χ1n) is 11.0. The van der Waals surface area contributed by atoms with Crippen LogP contribution in [0.25, 0.3) is 0 Å². The van der Waals surface area contributed by atoms with Gasteiger partial charge in [0.1, 0.15) is 5.69 Å². The van der Waals surface area contributed by atoms with E-state index in [1.54, 1.807) is 19.5 Å². The summed E-state index contributed by atoms with van der Waals surface area (Å²) in [5.41, 5.74) is 0.787. The first kappa shape index (κ1) is 22.4. The Morgan fingerprint density at radius 2 is 1.81 bits per heavy atom. The molecule has 2 aliphatic rings. The average Bonchev–Trinajstić information content (AvgIpc) is 3.21. The Morgan fingerprint density at radius 3 is 2.52 bits per heavy atom. The third kappa shape index (κ3) is 6.15. The van der Waals surface area contributed by atoms with E-state index in [0.717, 1.165) is 55.7 Å². The summed E-state index contributed by atoms with van der Waals surface area (Å²) in [6, 6.07) is 1.04. The molecule has 31 heavy (non-hydrogen) atoms. The van der Waals surface area contributed by atoms with Gasteiger partial charge in [-0.1, -0.05) is 0 Å². The molecule has 170 valence electrons. The first-order valence-corrected chi connectivity index (χ1v) is 11.8. The van der Waals surface area contributed by atoms with Gasteiger partial charge in [0.25, 0.3) is 5.88 Å². The highest BCUT2D eigenvalue weighted by Crippen LogP contribution is 2.34. The number of nitrogens with zero attached hydrogens (tertiary/aromatic N) is 5. The molecule has 2 aromatic heterocycles. The van der Waals surface area contributed by atoms with Crippen LogP contribution in [0.15, 0.2) is 23.1 Å². The molecule has 1 aliphatic carbocycles. The van der Waals surface area contributed by atoms with E-state index < -0.39 is 0 Å². The topological polar surface area (TPSA) is 86.6 Å². The van der Waals surface area contributed by atoms with Crippen molar-refractivity contribution in [3.8, 4) is 5.88 Å². The maximum atomic E-state index is 5.96. The van der Waals surface area contributed by atoms with E-state index in [4.69, 9.17) is 19.3 Å². The van der Waals surface area contributed by atoms with Gasteiger partial charge in [-0.3, -0.25) is 9.58 Å². The third-order valence-electron chi connectivity index (χ3n) is 5.90. The molecule has 0 bridgehead atoms. The van der Waals surface area contributed by atoms with E-state index in [1.807, 2.05) is 6.20 Å². The Balaban J connectivity index is 1.41. The van der Waals surface area contributed by atoms with Crippen LogP contribution in [0.3, 0.4) is 0 Å². The first-order chi connectivity index (χ1) is 15.2. The fourth-order valence-corrected chi connectivity index (χ4v) is 4.46. The monoisotopic (exact) mass is 494 g/mol. The molecule has 1 saturated heterocycles. The summed E-state index contributed by atoms with van der Waals surface area (Å²) < 4.78 is 19.5. The third-order valence-corrected chi connectivity index (χ3v) is 6.31. The molecular formula is C21H31BrN6O3. The Bertz CT molecular complexity index is 804. The number of hydrogen-bond donors (Lipinski definition) is 1. The van der Waals surface area contributed by atoms with E-state index >= 15 is 0 Å². The number of nitrogens with one attached hydrogen (secondary N) is 1. The molecule has 4 rings (SSSR count). The lowest BCUT2D eigenvalue weighted by molar-refractivity contribution is 0.00503. The maximum absolute atomic E-state index is 5.96. The van der Waals surface area contributed by atoms with Gasteiger partial charge in [-0.2, -0.15) is 0 Å². The van der Waals surface area contributed by atoms with Crippen LogP contribution in [0.5, 0.6) is 5.88 Å². The summed E-state index contributed by atoms with van der Waals surface area (Å²) in [6.07, 6.45) is 10.9. The molecule has 2 aromatic rings. The highest BCUT2D eigenvalue weighted by molar-refractivity contribution is 9.10. The van der Waals surface area contributed by atoms with Gasteiger partial charge >= 0.3 is 0 Å². The normalized spacial score (nSPS) is 22.4. The summed E-state index contributed by atoms with van der Waals surface area (Å²) in [5.74, 6) is 1.10. The van der Waals surface area contributed by atoms with E-state index in [1.165, 1.54) is 12.8 Å². The molecule has 1 N–H and O–H groups in total. The second-order valence-electron chi connectivity index (χ2n) is 7.98. The van der Waals surface area contributed by atoms with Crippen LogP contribution in [0.2, 0.25) is 0 Å². The van der Waals surface area contributed by atoms with Crippen LogP contribution in [-0.4, -0.2) is 77.3 Å². The number of ether oxygens (including phenoxy) is 3. The lowest BCUT2D eigenvalue weighted by Crippen LogP contribution is -2.45. The second-order valence-corrected chi connectivity index (χ2v) is 8.90. The van der Waals surface area contributed by atoms with Crippen LogP contribution in [0.4, 0.5) is 11.6 Å². The molecule has 0 spiro atoms. The van der Waals surface area contributed by atoms with Crippen LogP contribution >= 0.6 is 15.9 Å². The fraction of sp³-hybridized carbons (Fsp3) is 0.667. The minimum Gasteiger partial charge on any atom is -0.475 e. The Hall–Kier alpha value is -1.75. The van der Waals surface area contributed by atoms with Gasteiger partial charge in [0.05, 0.1) is 36.5 Å². The summed E-state index contributed by atoms with van der Waals surface area (Å²) in [4.78, 5) is 11.2. The van der Waals surface area contributed by atoms with Gasteiger partial charge in [0.2, 0.25) is 5.95 Å². The minimum absolute atomic E-state index is 0.375. The van der Waals surface area contributed by atoms with Crippen LogP contribution in [0, 0.1) is 0 Å². The molecule has 1 saturated carbocycles. The van der Waals surface area contributed by atoms with E-state index in [2.05, 4.69) is 40.8 Å². The van der Waals surface area contributed by atoms with Crippen molar-refractivity contribution in [3.63, 3.8) is 0 Å². The largest absolute Gasteiger partial charge is 0.475 e. The highest BCUT2D eigenvalue weighted by Gasteiger charge is 2.28. The fourth-order valence-electron chi connectivity index (χ4n) is 4.25. The lowest BCUT2D eigenvalue weighted by Gasteiger charge is -2.38. The summed E-state index contributed by atoms with van der Waals surface area (Å²) in [5, 5.41) is 8.03.